The molecule has 1 saturated heterocycles. The van der Waals surface area contributed by atoms with E-state index in [4.69, 9.17) is 0 Å². The number of hydrogen-bond donors (Lipinski definition) is 0. The van der Waals surface area contributed by atoms with Crippen LogP contribution in [0.2, 0.25) is 0 Å². The van der Waals surface area contributed by atoms with Gasteiger partial charge in [-0.3, -0.25) is 4.79 Å². The molecular weight excluding hydrogens is 241 g/mol. The molecule has 1 heterocycles. The molecule has 2 nitrogen and oxygen atoms in total. The predicted molar refractivity (Wildman–Crippen MR) is 74.5 cm³/mol. The number of halogens is 1. The lowest BCUT2D eigenvalue weighted by molar-refractivity contribution is 0.0608. The normalized spacial score (nSPS) is 17.6. The monoisotopic (exact) mass is 263 g/mol. The molecule has 1 fully saturated rings. The first-order valence-electron chi connectivity index (χ1n) is 6.93. The van der Waals surface area contributed by atoms with Crippen molar-refractivity contribution in [1.82, 2.24) is 4.90 Å². The van der Waals surface area contributed by atoms with Gasteiger partial charge in [0.1, 0.15) is 5.82 Å². The van der Waals surface area contributed by atoms with Crippen LogP contribution in [0.25, 0.3) is 0 Å². The number of nitrogens with zero attached hydrogens (tertiary/aromatic N) is 1. The van der Waals surface area contributed by atoms with Gasteiger partial charge in [-0.15, -0.1) is 0 Å². The van der Waals surface area contributed by atoms with E-state index in [1.807, 2.05) is 4.90 Å². The molecule has 1 aliphatic heterocycles. The number of hydrogen-bond acceptors (Lipinski definition) is 1. The molecule has 0 spiro atoms. The van der Waals surface area contributed by atoms with Crippen molar-refractivity contribution in [2.75, 3.05) is 13.1 Å². The molecule has 1 aromatic carbocycles. The highest BCUT2D eigenvalue weighted by Crippen LogP contribution is 2.34. The molecule has 0 N–H and O–H groups in total. The van der Waals surface area contributed by atoms with E-state index in [9.17, 15) is 9.18 Å². The maximum Gasteiger partial charge on any atom is 0.253 e. The van der Waals surface area contributed by atoms with E-state index in [1.54, 1.807) is 12.1 Å². The van der Waals surface area contributed by atoms with Crippen LogP contribution in [0.5, 0.6) is 0 Å². The largest absolute Gasteiger partial charge is 0.339 e. The number of piperidine rings is 1. The van der Waals surface area contributed by atoms with E-state index in [0.717, 1.165) is 25.9 Å². The standard InChI is InChI=1S/C16H22FNO/c1-16(2,3)13-8-10-18(11-9-13)15(19)12-4-6-14(17)7-5-12/h4-7,13H,8-11H2,1-3H3. The molecule has 0 bridgehead atoms. The number of rotatable bonds is 1. The molecule has 19 heavy (non-hydrogen) atoms. The van der Waals surface area contributed by atoms with Crippen LogP contribution in [0.15, 0.2) is 24.3 Å². The van der Waals surface area contributed by atoms with Crippen LogP contribution in [0.1, 0.15) is 44.0 Å². The lowest BCUT2D eigenvalue weighted by Gasteiger charge is -2.38. The summed E-state index contributed by atoms with van der Waals surface area (Å²) >= 11 is 0. The quantitative estimate of drug-likeness (QED) is 0.756. The summed E-state index contributed by atoms with van der Waals surface area (Å²) in [6, 6.07) is 5.81. The van der Waals surface area contributed by atoms with Crippen molar-refractivity contribution >= 4 is 5.91 Å². The zero-order valence-corrected chi connectivity index (χ0v) is 11.9. The molecule has 0 saturated carbocycles. The van der Waals surface area contributed by atoms with Crippen LogP contribution in [-0.2, 0) is 0 Å². The molecule has 1 aliphatic rings. The van der Waals surface area contributed by atoms with E-state index >= 15 is 0 Å². The summed E-state index contributed by atoms with van der Waals surface area (Å²) in [6.45, 7) is 8.38. The highest BCUT2D eigenvalue weighted by Gasteiger charge is 2.30. The fourth-order valence-corrected chi connectivity index (χ4v) is 2.72. The van der Waals surface area contributed by atoms with Crippen molar-refractivity contribution in [2.24, 2.45) is 11.3 Å². The molecule has 0 aromatic heterocycles. The van der Waals surface area contributed by atoms with E-state index in [1.165, 1.54) is 12.1 Å². The van der Waals surface area contributed by atoms with Gasteiger partial charge in [-0.2, -0.15) is 0 Å². The Hall–Kier alpha value is -1.38. The summed E-state index contributed by atoms with van der Waals surface area (Å²) in [6.07, 6.45) is 2.10. The maximum atomic E-state index is 12.8. The highest BCUT2D eigenvalue weighted by molar-refractivity contribution is 5.94. The highest BCUT2D eigenvalue weighted by atomic mass is 19.1. The molecule has 104 valence electrons. The second kappa shape index (κ2) is 5.32. The molecule has 2 rings (SSSR count). The van der Waals surface area contributed by atoms with Gasteiger partial charge in [0.05, 0.1) is 0 Å². The zero-order valence-electron chi connectivity index (χ0n) is 11.9. The number of carbonyl (C=O) groups is 1. The summed E-state index contributed by atoms with van der Waals surface area (Å²) in [5, 5.41) is 0. The van der Waals surface area contributed by atoms with Crippen molar-refractivity contribution in [3.63, 3.8) is 0 Å². The molecule has 0 atom stereocenters. The average Bonchev–Trinajstić information content (AvgIpc) is 2.38. The van der Waals surface area contributed by atoms with Crippen LogP contribution in [-0.4, -0.2) is 23.9 Å². The van der Waals surface area contributed by atoms with Crippen molar-refractivity contribution in [3.8, 4) is 0 Å². The summed E-state index contributed by atoms with van der Waals surface area (Å²) in [5.41, 5.74) is 0.890. The number of carbonyl (C=O) groups excluding carboxylic acids is 1. The van der Waals surface area contributed by atoms with Gasteiger partial charge in [0.25, 0.3) is 5.91 Å². The molecule has 3 heteroatoms. The van der Waals surface area contributed by atoms with Gasteiger partial charge in [0, 0.05) is 18.7 Å². The third kappa shape index (κ3) is 3.34. The van der Waals surface area contributed by atoms with Gasteiger partial charge in [0.15, 0.2) is 0 Å². The zero-order chi connectivity index (χ0) is 14.0. The Morgan fingerprint density at radius 1 is 1.16 bits per heavy atom. The Labute approximate surface area is 114 Å². The fraction of sp³-hybridized carbons (Fsp3) is 0.562. The lowest BCUT2D eigenvalue weighted by atomic mass is 9.75. The van der Waals surface area contributed by atoms with Crippen LogP contribution < -0.4 is 0 Å². The molecule has 1 aromatic rings. The van der Waals surface area contributed by atoms with Crippen LogP contribution in [0, 0.1) is 17.2 Å². The number of benzene rings is 1. The van der Waals surface area contributed by atoms with Gasteiger partial charge < -0.3 is 4.90 Å². The number of amides is 1. The van der Waals surface area contributed by atoms with Crippen LogP contribution in [0.3, 0.4) is 0 Å². The van der Waals surface area contributed by atoms with E-state index in [2.05, 4.69) is 20.8 Å². The van der Waals surface area contributed by atoms with Gasteiger partial charge in [0.2, 0.25) is 0 Å². The van der Waals surface area contributed by atoms with Crippen LogP contribution in [0.4, 0.5) is 4.39 Å². The second-order valence-electron chi connectivity index (χ2n) is 6.44. The third-order valence-electron chi connectivity index (χ3n) is 4.10. The van der Waals surface area contributed by atoms with Crippen molar-refractivity contribution in [1.29, 1.82) is 0 Å². The van der Waals surface area contributed by atoms with Crippen molar-refractivity contribution in [3.05, 3.63) is 35.6 Å². The first-order valence-corrected chi connectivity index (χ1v) is 6.93. The number of likely N-dealkylation sites (tertiary alicyclic amines) is 1. The van der Waals surface area contributed by atoms with E-state index in [-0.39, 0.29) is 11.7 Å². The van der Waals surface area contributed by atoms with Crippen LogP contribution >= 0.6 is 0 Å². The van der Waals surface area contributed by atoms with Gasteiger partial charge in [-0.25, -0.2) is 4.39 Å². The Kier molecular flexibility index (Phi) is 3.93. The summed E-state index contributed by atoms with van der Waals surface area (Å²) in [5.74, 6) is 0.389. The summed E-state index contributed by atoms with van der Waals surface area (Å²) in [7, 11) is 0. The lowest BCUT2D eigenvalue weighted by Crippen LogP contribution is -2.41. The Balaban J connectivity index is 1.98. The fourth-order valence-electron chi connectivity index (χ4n) is 2.72. The first-order chi connectivity index (χ1) is 8.88. The second-order valence-corrected chi connectivity index (χ2v) is 6.44. The maximum absolute atomic E-state index is 12.8. The molecule has 0 unspecified atom stereocenters. The van der Waals surface area contributed by atoms with Gasteiger partial charge >= 0.3 is 0 Å². The average molecular weight is 263 g/mol. The van der Waals surface area contributed by atoms with E-state index < -0.39 is 0 Å². The SMILES string of the molecule is CC(C)(C)C1CCN(C(=O)c2ccc(F)cc2)CC1. The Morgan fingerprint density at radius 2 is 1.68 bits per heavy atom. The molecule has 0 radical (unpaired) electrons. The molecule has 0 aliphatic carbocycles. The van der Waals surface area contributed by atoms with Gasteiger partial charge in [-0.1, -0.05) is 20.8 Å². The minimum atomic E-state index is -0.303. The predicted octanol–water partition coefficient (Wildman–Crippen LogP) is 3.72. The molecular formula is C16H22FNO. The topological polar surface area (TPSA) is 20.3 Å². The smallest absolute Gasteiger partial charge is 0.253 e. The summed E-state index contributed by atoms with van der Waals surface area (Å²) < 4.78 is 12.8. The van der Waals surface area contributed by atoms with Crippen molar-refractivity contribution < 1.29 is 9.18 Å². The third-order valence-corrected chi connectivity index (χ3v) is 4.10. The summed E-state index contributed by atoms with van der Waals surface area (Å²) in [4.78, 5) is 14.2. The molecule has 1 amide bonds. The Bertz CT molecular complexity index is 439. The van der Waals surface area contributed by atoms with E-state index in [0.29, 0.717) is 16.9 Å². The van der Waals surface area contributed by atoms with Crippen molar-refractivity contribution in [2.45, 2.75) is 33.6 Å². The van der Waals surface area contributed by atoms with Gasteiger partial charge in [-0.05, 0) is 48.4 Å². The Morgan fingerprint density at radius 3 is 2.16 bits per heavy atom. The minimum absolute atomic E-state index is 0.0207. The minimum Gasteiger partial charge on any atom is -0.339 e. The first kappa shape index (κ1) is 14.0.